The lowest BCUT2D eigenvalue weighted by molar-refractivity contribution is -0.123. The maximum absolute atomic E-state index is 11.9. The van der Waals surface area contributed by atoms with E-state index < -0.39 is 0 Å². The molecular formula is C22H22N8O2. The van der Waals surface area contributed by atoms with Crippen molar-refractivity contribution in [1.29, 1.82) is 0 Å². The van der Waals surface area contributed by atoms with Crippen LogP contribution in [0, 0.1) is 0 Å². The second kappa shape index (κ2) is 10.1. The Morgan fingerprint density at radius 3 is 1.62 bits per heavy atom. The second-order valence-electron chi connectivity index (χ2n) is 7.07. The number of hydrogen-bond acceptors (Lipinski definition) is 6. The summed E-state index contributed by atoms with van der Waals surface area (Å²) in [7, 11) is 0. The van der Waals surface area contributed by atoms with Gasteiger partial charge in [-0.3, -0.25) is 9.59 Å². The number of unbranched alkanes of at least 4 members (excludes halogenated alkanes) is 1. The highest BCUT2D eigenvalue weighted by Crippen LogP contribution is 2.09. The molecule has 4 N–H and O–H groups in total. The van der Waals surface area contributed by atoms with Crippen molar-refractivity contribution in [3.8, 4) is 0 Å². The predicted molar refractivity (Wildman–Crippen MR) is 122 cm³/mol. The summed E-state index contributed by atoms with van der Waals surface area (Å²) < 4.78 is 0. The van der Waals surface area contributed by atoms with E-state index in [-0.39, 0.29) is 24.7 Å². The molecule has 0 aliphatic carbocycles. The molecule has 10 nitrogen and oxygen atoms in total. The first-order chi connectivity index (χ1) is 15.7. The number of para-hydroxylation sites is 4. The van der Waals surface area contributed by atoms with Crippen LogP contribution in [0.4, 0.5) is 0 Å². The lowest BCUT2D eigenvalue weighted by atomic mass is 10.2. The van der Waals surface area contributed by atoms with E-state index in [1.54, 1.807) is 0 Å². The summed E-state index contributed by atoms with van der Waals surface area (Å²) in [5.74, 6) is 0.680. The lowest BCUT2D eigenvalue weighted by Crippen LogP contribution is -2.19. The number of hydrogen-bond donors (Lipinski definition) is 4. The van der Waals surface area contributed by atoms with Crippen LogP contribution in [-0.4, -0.2) is 44.2 Å². The maximum Gasteiger partial charge on any atom is 0.240 e. The van der Waals surface area contributed by atoms with Crippen molar-refractivity contribution in [2.75, 3.05) is 0 Å². The number of H-pyrrole nitrogens is 2. The number of carbonyl (C=O) groups excluding carboxylic acids is 2. The summed E-state index contributed by atoms with van der Waals surface area (Å²) in [6, 6.07) is 15.2. The van der Waals surface area contributed by atoms with Crippen molar-refractivity contribution >= 4 is 46.3 Å². The zero-order valence-electron chi connectivity index (χ0n) is 17.2. The number of fused-ring (bicyclic) bond motifs is 2. The minimum atomic E-state index is -0.222. The molecule has 0 radical (unpaired) electrons. The van der Waals surface area contributed by atoms with Crippen LogP contribution in [0.15, 0.2) is 58.7 Å². The minimum absolute atomic E-state index is 0.222. The topological polar surface area (TPSA) is 140 Å². The number of nitrogens with zero attached hydrogens (tertiary/aromatic N) is 4. The van der Waals surface area contributed by atoms with E-state index in [0.717, 1.165) is 22.1 Å². The Morgan fingerprint density at radius 1 is 0.750 bits per heavy atom. The van der Waals surface area contributed by atoms with Crippen LogP contribution in [0.5, 0.6) is 0 Å². The Morgan fingerprint density at radius 2 is 1.19 bits per heavy atom. The van der Waals surface area contributed by atoms with Gasteiger partial charge in [0.2, 0.25) is 11.8 Å². The van der Waals surface area contributed by atoms with Crippen LogP contribution in [0.25, 0.3) is 22.1 Å². The molecule has 2 amide bonds. The van der Waals surface area contributed by atoms with Crippen molar-refractivity contribution in [3.63, 3.8) is 0 Å². The van der Waals surface area contributed by atoms with Crippen molar-refractivity contribution in [1.82, 2.24) is 30.8 Å². The van der Waals surface area contributed by atoms with Gasteiger partial charge in [0.25, 0.3) is 0 Å². The zero-order chi connectivity index (χ0) is 22.2. The molecule has 0 unspecified atom stereocenters. The molecule has 2 aromatic heterocycles. The van der Waals surface area contributed by atoms with Crippen molar-refractivity contribution < 1.29 is 9.59 Å². The third-order valence-electron chi connectivity index (χ3n) is 4.63. The Labute approximate surface area is 183 Å². The first-order valence-corrected chi connectivity index (χ1v) is 10.2. The van der Waals surface area contributed by atoms with Crippen molar-refractivity contribution in [3.05, 3.63) is 60.2 Å². The van der Waals surface area contributed by atoms with Crippen LogP contribution in [0.2, 0.25) is 0 Å². The number of benzene rings is 2. The summed E-state index contributed by atoms with van der Waals surface area (Å²) in [5, 5.41) is 7.82. The van der Waals surface area contributed by atoms with Gasteiger partial charge in [-0.05, 0) is 37.1 Å². The lowest BCUT2D eigenvalue weighted by Gasteiger charge is -2.00. The van der Waals surface area contributed by atoms with Crippen LogP contribution < -0.4 is 10.9 Å². The zero-order valence-corrected chi connectivity index (χ0v) is 17.2. The Bertz CT molecular complexity index is 1120. The van der Waals surface area contributed by atoms with Gasteiger partial charge in [-0.1, -0.05) is 24.3 Å². The molecule has 0 fully saturated rings. The SMILES string of the molecule is O=C(CCCCC(=O)NN=Cc1nc2ccccc2[nH]1)NN=Cc1nc2ccccc2[nH]1. The summed E-state index contributed by atoms with van der Waals surface area (Å²) in [6.07, 6.45) is 4.59. The number of amides is 2. The highest BCUT2D eigenvalue weighted by Gasteiger charge is 2.04. The molecule has 0 spiro atoms. The number of imidazole rings is 2. The van der Waals surface area contributed by atoms with Gasteiger partial charge in [0, 0.05) is 12.8 Å². The molecule has 162 valence electrons. The molecule has 4 rings (SSSR count). The molecule has 0 saturated carbocycles. The van der Waals surface area contributed by atoms with Crippen LogP contribution in [0.1, 0.15) is 37.3 Å². The maximum atomic E-state index is 11.9. The number of aromatic amines is 2. The summed E-state index contributed by atoms with van der Waals surface area (Å²) >= 11 is 0. The van der Waals surface area contributed by atoms with Crippen LogP contribution >= 0.6 is 0 Å². The average Bonchev–Trinajstić information content (AvgIpc) is 3.40. The van der Waals surface area contributed by atoms with Gasteiger partial charge in [0.15, 0.2) is 11.6 Å². The van der Waals surface area contributed by atoms with Gasteiger partial charge in [-0.25, -0.2) is 20.8 Å². The van der Waals surface area contributed by atoms with Gasteiger partial charge in [0.05, 0.1) is 34.5 Å². The molecule has 0 bridgehead atoms. The fourth-order valence-electron chi connectivity index (χ4n) is 3.08. The van der Waals surface area contributed by atoms with Gasteiger partial charge >= 0.3 is 0 Å². The molecule has 4 aromatic rings. The van der Waals surface area contributed by atoms with E-state index in [1.165, 1.54) is 12.4 Å². The number of aromatic nitrogens is 4. The molecule has 0 saturated heterocycles. The average molecular weight is 430 g/mol. The normalized spacial score (nSPS) is 11.6. The number of carbonyl (C=O) groups is 2. The highest BCUT2D eigenvalue weighted by molar-refractivity contribution is 5.86. The van der Waals surface area contributed by atoms with Gasteiger partial charge in [-0.15, -0.1) is 0 Å². The Kier molecular flexibility index (Phi) is 6.61. The molecule has 0 atom stereocenters. The van der Waals surface area contributed by atoms with Gasteiger partial charge in [-0.2, -0.15) is 10.2 Å². The van der Waals surface area contributed by atoms with Crippen molar-refractivity contribution in [2.45, 2.75) is 25.7 Å². The molecule has 0 aliphatic heterocycles. The molecule has 2 aromatic carbocycles. The van der Waals surface area contributed by atoms with E-state index in [1.807, 2.05) is 48.5 Å². The fraction of sp³-hybridized carbons (Fsp3) is 0.182. The standard InChI is InChI=1S/C22H22N8O2/c31-21(29-23-13-19-25-15-7-1-2-8-16(15)26-19)11-5-6-12-22(32)30-24-14-20-27-17-9-3-4-10-18(17)28-20/h1-4,7-10,13-14H,5-6,11-12H2,(H,25,26)(H,27,28)(H,29,31)(H,30,32). The molecule has 0 aliphatic rings. The second-order valence-corrected chi connectivity index (χ2v) is 7.07. The smallest absolute Gasteiger partial charge is 0.240 e. The van der Waals surface area contributed by atoms with Crippen LogP contribution in [0.3, 0.4) is 0 Å². The van der Waals surface area contributed by atoms with E-state index in [4.69, 9.17) is 0 Å². The minimum Gasteiger partial charge on any atom is -0.337 e. The van der Waals surface area contributed by atoms with Crippen molar-refractivity contribution in [2.24, 2.45) is 10.2 Å². The Balaban J connectivity index is 1.11. The first kappa shape index (κ1) is 20.9. The number of nitrogens with one attached hydrogen (secondary N) is 4. The first-order valence-electron chi connectivity index (χ1n) is 10.2. The molecule has 10 heteroatoms. The molecule has 2 heterocycles. The number of hydrazone groups is 2. The highest BCUT2D eigenvalue weighted by atomic mass is 16.2. The third kappa shape index (κ3) is 5.63. The third-order valence-corrected chi connectivity index (χ3v) is 4.63. The fourth-order valence-corrected chi connectivity index (χ4v) is 3.08. The predicted octanol–water partition coefficient (Wildman–Crippen LogP) is 2.60. The van der Waals surface area contributed by atoms with E-state index in [2.05, 4.69) is 41.0 Å². The molecular weight excluding hydrogens is 408 g/mol. The Hall–Kier alpha value is -4.34. The summed E-state index contributed by atoms with van der Waals surface area (Å²) in [6.45, 7) is 0. The van der Waals surface area contributed by atoms with E-state index in [0.29, 0.717) is 24.5 Å². The van der Waals surface area contributed by atoms with E-state index >= 15 is 0 Å². The van der Waals surface area contributed by atoms with Gasteiger partial charge in [0.1, 0.15) is 0 Å². The van der Waals surface area contributed by atoms with Crippen LogP contribution in [-0.2, 0) is 9.59 Å². The van der Waals surface area contributed by atoms with E-state index in [9.17, 15) is 9.59 Å². The quantitative estimate of drug-likeness (QED) is 0.184. The molecule has 32 heavy (non-hydrogen) atoms. The largest absolute Gasteiger partial charge is 0.337 e. The monoisotopic (exact) mass is 430 g/mol. The number of rotatable bonds is 9. The van der Waals surface area contributed by atoms with Gasteiger partial charge < -0.3 is 9.97 Å². The summed E-state index contributed by atoms with van der Waals surface area (Å²) in [4.78, 5) is 38.6. The summed E-state index contributed by atoms with van der Waals surface area (Å²) in [5.41, 5.74) is 8.40.